The fourth-order valence-electron chi connectivity index (χ4n) is 2.85. The lowest BCUT2D eigenvalue weighted by atomic mass is 10.1. The molecule has 0 unspecified atom stereocenters. The summed E-state index contributed by atoms with van der Waals surface area (Å²) in [5.41, 5.74) is 1.69. The van der Waals surface area contributed by atoms with Crippen LogP contribution in [-0.2, 0) is 0 Å². The Bertz CT molecular complexity index is 697. The van der Waals surface area contributed by atoms with E-state index >= 15 is 0 Å². The largest absolute Gasteiger partial charge is 0.494 e. The molecule has 1 amide bonds. The molecular weight excluding hydrogens is 304 g/mol. The van der Waals surface area contributed by atoms with Gasteiger partial charge in [-0.1, -0.05) is 0 Å². The number of aromatic nitrogens is 2. The van der Waals surface area contributed by atoms with E-state index in [0.29, 0.717) is 25.3 Å². The summed E-state index contributed by atoms with van der Waals surface area (Å²) in [7, 11) is 0. The van der Waals surface area contributed by atoms with Crippen LogP contribution in [0.4, 0.5) is 5.95 Å². The van der Waals surface area contributed by atoms with Gasteiger partial charge in [-0.2, -0.15) is 0 Å². The highest BCUT2D eigenvalue weighted by molar-refractivity contribution is 5.94. The third kappa shape index (κ3) is 3.48. The number of benzene rings is 1. The average molecular weight is 326 g/mol. The zero-order valence-corrected chi connectivity index (χ0v) is 14.1. The Morgan fingerprint density at radius 1 is 1.17 bits per heavy atom. The van der Waals surface area contributed by atoms with Crippen LogP contribution in [0, 0.1) is 6.92 Å². The van der Waals surface area contributed by atoms with Gasteiger partial charge < -0.3 is 14.5 Å². The number of hydrogen-bond donors (Lipinski definition) is 0. The van der Waals surface area contributed by atoms with Gasteiger partial charge in [0, 0.05) is 44.1 Å². The highest BCUT2D eigenvalue weighted by atomic mass is 16.5. The summed E-state index contributed by atoms with van der Waals surface area (Å²) in [6.07, 6.45) is 3.48. The van der Waals surface area contributed by atoms with Crippen LogP contribution in [0.1, 0.15) is 22.8 Å². The first kappa shape index (κ1) is 16.2. The van der Waals surface area contributed by atoms with Gasteiger partial charge in [0.1, 0.15) is 5.75 Å². The number of amides is 1. The summed E-state index contributed by atoms with van der Waals surface area (Å²) < 4.78 is 5.53. The summed E-state index contributed by atoms with van der Waals surface area (Å²) in [6.45, 7) is 7.36. The number of piperazine rings is 1. The predicted molar refractivity (Wildman–Crippen MR) is 92.5 cm³/mol. The molecule has 0 radical (unpaired) electrons. The number of nitrogens with zero attached hydrogens (tertiary/aromatic N) is 4. The number of ether oxygens (including phenoxy) is 1. The topological polar surface area (TPSA) is 58.6 Å². The summed E-state index contributed by atoms with van der Waals surface area (Å²) >= 11 is 0. The molecule has 0 atom stereocenters. The first-order valence-electron chi connectivity index (χ1n) is 8.23. The first-order valence-corrected chi connectivity index (χ1v) is 8.23. The van der Waals surface area contributed by atoms with E-state index in [4.69, 9.17) is 4.74 Å². The van der Waals surface area contributed by atoms with Gasteiger partial charge in [0.15, 0.2) is 0 Å². The van der Waals surface area contributed by atoms with Crippen molar-refractivity contribution in [2.75, 3.05) is 37.7 Å². The molecule has 0 N–H and O–H groups in total. The molecular formula is C18H22N4O2. The van der Waals surface area contributed by atoms with E-state index in [1.54, 1.807) is 18.5 Å². The van der Waals surface area contributed by atoms with E-state index in [9.17, 15) is 4.79 Å². The summed E-state index contributed by atoms with van der Waals surface area (Å²) in [5, 5.41) is 0. The molecule has 1 aliphatic rings. The van der Waals surface area contributed by atoms with Crippen molar-refractivity contribution >= 4 is 11.9 Å². The van der Waals surface area contributed by atoms with Crippen molar-refractivity contribution < 1.29 is 9.53 Å². The molecule has 1 aromatic heterocycles. The minimum atomic E-state index is 0.0646. The highest BCUT2D eigenvalue weighted by Gasteiger charge is 2.23. The number of aryl methyl sites for hydroxylation is 1. The van der Waals surface area contributed by atoms with Crippen molar-refractivity contribution in [3.05, 3.63) is 47.8 Å². The van der Waals surface area contributed by atoms with Gasteiger partial charge in [0.2, 0.25) is 5.95 Å². The normalized spacial score (nSPS) is 14.6. The predicted octanol–water partition coefficient (Wildman–Crippen LogP) is 2.15. The maximum Gasteiger partial charge on any atom is 0.253 e. The second-order valence-corrected chi connectivity index (χ2v) is 5.74. The van der Waals surface area contributed by atoms with Crippen molar-refractivity contribution in [2.45, 2.75) is 13.8 Å². The third-order valence-electron chi connectivity index (χ3n) is 4.12. The van der Waals surface area contributed by atoms with Crippen LogP contribution in [0.2, 0.25) is 0 Å². The average Bonchev–Trinajstić information content (AvgIpc) is 2.64. The molecule has 0 bridgehead atoms. The van der Waals surface area contributed by atoms with Gasteiger partial charge in [-0.3, -0.25) is 4.79 Å². The third-order valence-corrected chi connectivity index (χ3v) is 4.12. The summed E-state index contributed by atoms with van der Waals surface area (Å²) in [6, 6.07) is 7.42. The lowest BCUT2D eigenvalue weighted by molar-refractivity contribution is 0.0746. The van der Waals surface area contributed by atoms with Crippen molar-refractivity contribution in [3.63, 3.8) is 0 Å². The number of anilines is 1. The van der Waals surface area contributed by atoms with Gasteiger partial charge in [0.05, 0.1) is 6.61 Å². The zero-order chi connectivity index (χ0) is 16.9. The van der Waals surface area contributed by atoms with Crippen molar-refractivity contribution in [3.8, 4) is 5.75 Å². The zero-order valence-electron chi connectivity index (χ0n) is 14.1. The molecule has 24 heavy (non-hydrogen) atoms. The molecule has 126 valence electrons. The second-order valence-electron chi connectivity index (χ2n) is 5.74. The van der Waals surface area contributed by atoms with Crippen LogP contribution in [-0.4, -0.2) is 53.6 Å². The molecule has 1 fully saturated rings. The van der Waals surface area contributed by atoms with Crippen LogP contribution < -0.4 is 9.64 Å². The first-order chi connectivity index (χ1) is 11.7. The van der Waals surface area contributed by atoms with Gasteiger partial charge in [-0.05, 0) is 43.7 Å². The van der Waals surface area contributed by atoms with Gasteiger partial charge in [-0.15, -0.1) is 0 Å². The van der Waals surface area contributed by atoms with Crippen LogP contribution in [0.25, 0.3) is 0 Å². The summed E-state index contributed by atoms with van der Waals surface area (Å²) in [5.74, 6) is 1.62. The number of carbonyl (C=O) groups excluding carboxylic acids is 1. The van der Waals surface area contributed by atoms with Crippen LogP contribution in [0.3, 0.4) is 0 Å². The minimum absolute atomic E-state index is 0.0646. The minimum Gasteiger partial charge on any atom is -0.494 e. The lowest BCUT2D eigenvalue weighted by Gasteiger charge is -2.34. The molecule has 1 saturated heterocycles. The van der Waals surface area contributed by atoms with Crippen molar-refractivity contribution in [1.82, 2.24) is 14.9 Å². The molecule has 0 spiro atoms. The molecule has 2 heterocycles. The van der Waals surface area contributed by atoms with E-state index < -0.39 is 0 Å². The quantitative estimate of drug-likeness (QED) is 0.861. The Morgan fingerprint density at radius 3 is 2.50 bits per heavy atom. The highest BCUT2D eigenvalue weighted by Crippen LogP contribution is 2.21. The van der Waals surface area contributed by atoms with Gasteiger partial charge in [0.25, 0.3) is 5.91 Å². The summed E-state index contributed by atoms with van der Waals surface area (Å²) in [4.78, 5) is 25.2. The van der Waals surface area contributed by atoms with E-state index in [0.717, 1.165) is 30.4 Å². The van der Waals surface area contributed by atoms with E-state index in [2.05, 4.69) is 14.9 Å². The number of rotatable bonds is 4. The number of carbonyl (C=O) groups is 1. The fourth-order valence-corrected chi connectivity index (χ4v) is 2.85. The fraction of sp³-hybridized carbons (Fsp3) is 0.389. The number of hydrogen-bond acceptors (Lipinski definition) is 5. The van der Waals surface area contributed by atoms with Gasteiger partial charge in [-0.25, -0.2) is 9.97 Å². The molecule has 2 aromatic rings. The Kier molecular flexibility index (Phi) is 4.93. The molecule has 3 rings (SSSR count). The Morgan fingerprint density at radius 2 is 1.88 bits per heavy atom. The molecule has 0 aliphatic carbocycles. The molecule has 6 nitrogen and oxygen atoms in total. The van der Waals surface area contributed by atoms with Crippen LogP contribution >= 0.6 is 0 Å². The Balaban J connectivity index is 1.64. The van der Waals surface area contributed by atoms with Crippen molar-refractivity contribution in [2.24, 2.45) is 0 Å². The van der Waals surface area contributed by atoms with E-state index in [1.165, 1.54) is 0 Å². The van der Waals surface area contributed by atoms with Gasteiger partial charge >= 0.3 is 0 Å². The molecule has 0 saturated carbocycles. The second kappa shape index (κ2) is 7.29. The monoisotopic (exact) mass is 326 g/mol. The maximum atomic E-state index is 12.7. The smallest absolute Gasteiger partial charge is 0.253 e. The van der Waals surface area contributed by atoms with E-state index in [-0.39, 0.29) is 5.91 Å². The van der Waals surface area contributed by atoms with Crippen LogP contribution in [0.5, 0.6) is 5.75 Å². The molecule has 6 heteroatoms. The maximum absolute atomic E-state index is 12.7. The standard InChI is InChI=1S/C18H22N4O2/c1-3-24-16-6-5-15(13-14(16)2)17(23)21-9-11-22(12-10-21)18-19-7-4-8-20-18/h4-8,13H,3,9-12H2,1-2H3. The SMILES string of the molecule is CCOc1ccc(C(=O)N2CCN(c3ncccn3)CC2)cc1C. The van der Waals surface area contributed by atoms with Crippen LogP contribution in [0.15, 0.2) is 36.7 Å². The van der Waals surface area contributed by atoms with E-state index in [1.807, 2.05) is 36.9 Å². The van der Waals surface area contributed by atoms with Crippen molar-refractivity contribution in [1.29, 1.82) is 0 Å². The lowest BCUT2D eigenvalue weighted by Crippen LogP contribution is -2.49. The Labute approximate surface area is 142 Å². The molecule has 1 aliphatic heterocycles. The Hall–Kier alpha value is -2.63. The molecule has 1 aromatic carbocycles.